The molecular weight excluding hydrogens is 284 g/mol. The molecule has 1 aliphatic heterocycles. The monoisotopic (exact) mass is 304 g/mol. The quantitative estimate of drug-likeness (QED) is 0.852. The van der Waals surface area contributed by atoms with E-state index in [0.717, 1.165) is 18.4 Å². The highest BCUT2D eigenvalue weighted by molar-refractivity contribution is 5.91. The molecule has 0 spiro atoms. The van der Waals surface area contributed by atoms with Gasteiger partial charge in [0.05, 0.1) is 23.2 Å². The van der Waals surface area contributed by atoms with Crippen LogP contribution < -0.4 is 10.4 Å². The first-order valence-corrected chi connectivity index (χ1v) is 7.68. The number of phenols is 1. The van der Waals surface area contributed by atoms with Gasteiger partial charge in [0.1, 0.15) is 11.5 Å². The lowest BCUT2D eigenvalue weighted by Gasteiger charge is -2.28. The third-order valence-corrected chi connectivity index (χ3v) is 4.09. The van der Waals surface area contributed by atoms with Gasteiger partial charge in [-0.25, -0.2) is 4.79 Å². The molecule has 22 heavy (non-hydrogen) atoms. The van der Waals surface area contributed by atoms with Crippen molar-refractivity contribution in [3.05, 3.63) is 33.7 Å². The summed E-state index contributed by atoms with van der Waals surface area (Å²) in [6, 6.07) is 2.93. The van der Waals surface area contributed by atoms with E-state index in [2.05, 4.69) is 6.92 Å². The van der Waals surface area contributed by atoms with E-state index >= 15 is 0 Å². The molecular formula is C17H20O5. The van der Waals surface area contributed by atoms with Crippen LogP contribution in [0.15, 0.2) is 21.3 Å². The van der Waals surface area contributed by atoms with Crippen LogP contribution in [0.4, 0.5) is 0 Å². The Labute approximate surface area is 128 Å². The van der Waals surface area contributed by atoms with Gasteiger partial charge in [-0.05, 0) is 25.3 Å². The molecule has 0 saturated heterocycles. The number of hydrogen-bond donors (Lipinski definition) is 2. The summed E-state index contributed by atoms with van der Waals surface area (Å²) in [5.41, 5.74) is 0.978. The molecule has 3 rings (SSSR count). The van der Waals surface area contributed by atoms with Crippen LogP contribution in [0.1, 0.15) is 50.3 Å². The molecule has 2 atom stereocenters. The molecule has 2 heterocycles. The molecule has 0 aliphatic carbocycles. The number of unbranched alkanes of at least 4 members (excludes halogenated alkanes) is 1. The predicted octanol–water partition coefficient (Wildman–Crippen LogP) is 3.05. The molecule has 2 aromatic rings. The number of rotatable bonds is 3. The first-order valence-electron chi connectivity index (χ1n) is 7.68. The highest BCUT2D eigenvalue weighted by Gasteiger charge is 2.30. The predicted molar refractivity (Wildman–Crippen MR) is 82.4 cm³/mol. The number of aliphatic hydroxyl groups is 1. The molecule has 1 aromatic carbocycles. The van der Waals surface area contributed by atoms with Crippen molar-refractivity contribution in [1.29, 1.82) is 0 Å². The summed E-state index contributed by atoms with van der Waals surface area (Å²) in [5, 5.41) is 21.2. The number of aromatic hydroxyl groups is 1. The summed E-state index contributed by atoms with van der Waals surface area (Å²) in [5.74, 6) is 0.400. The molecule has 0 saturated carbocycles. The van der Waals surface area contributed by atoms with Crippen molar-refractivity contribution >= 4 is 11.0 Å². The largest absolute Gasteiger partial charge is 0.507 e. The van der Waals surface area contributed by atoms with Crippen LogP contribution in [0.5, 0.6) is 11.5 Å². The Morgan fingerprint density at radius 3 is 2.86 bits per heavy atom. The van der Waals surface area contributed by atoms with E-state index in [-0.39, 0.29) is 17.4 Å². The van der Waals surface area contributed by atoms with Gasteiger partial charge in [0.25, 0.3) is 0 Å². The summed E-state index contributed by atoms with van der Waals surface area (Å²) in [4.78, 5) is 11.9. The van der Waals surface area contributed by atoms with Crippen molar-refractivity contribution in [2.75, 3.05) is 0 Å². The maximum atomic E-state index is 11.9. The van der Waals surface area contributed by atoms with Crippen molar-refractivity contribution in [1.82, 2.24) is 0 Å². The van der Waals surface area contributed by atoms with Gasteiger partial charge in [-0.15, -0.1) is 0 Å². The molecule has 118 valence electrons. The molecule has 5 nitrogen and oxygen atoms in total. The Hall–Kier alpha value is -2.01. The molecule has 1 aromatic heterocycles. The van der Waals surface area contributed by atoms with E-state index in [0.29, 0.717) is 29.5 Å². The molecule has 0 amide bonds. The van der Waals surface area contributed by atoms with E-state index in [1.807, 2.05) is 6.92 Å². The summed E-state index contributed by atoms with van der Waals surface area (Å²) in [7, 11) is 0. The number of ether oxygens (including phenoxy) is 1. The average molecular weight is 304 g/mol. The summed E-state index contributed by atoms with van der Waals surface area (Å²) in [6.07, 6.45) is 2.07. The Morgan fingerprint density at radius 1 is 1.36 bits per heavy atom. The lowest BCUT2D eigenvalue weighted by Crippen LogP contribution is -2.23. The SMILES string of the molecule is CCCCc1cc(=O)oc2c3c(cc(O)c12)OC(C)CC3O. The normalized spacial score (nSPS) is 20.7. The fourth-order valence-electron chi connectivity index (χ4n) is 3.07. The van der Waals surface area contributed by atoms with Gasteiger partial charge in [-0.3, -0.25) is 0 Å². The lowest BCUT2D eigenvalue weighted by atomic mass is 9.94. The van der Waals surface area contributed by atoms with Crippen molar-refractivity contribution in [3.8, 4) is 11.5 Å². The smallest absolute Gasteiger partial charge is 0.336 e. The maximum Gasteiger partial charge on any atom is 0.336 e. The second kappa shape index (κ2) is 5.65. The van der Waals surface area contributed by atoms with Crippen LogP contribution in [0.25, 0.3) is 11.0 Å². The summed E-state index contributed by atoms with van der Waals surface area (Å²) >= 11 is 0. The highest BCUT2D eigenvalue weighted by Crippen LogP contribution is 2.44. The topological polar surface area (TPSA) is 79.9 Å². The standard InChI is InChI=1S/C17H20O5/c1-3-4-5-10-7-14(20)22-17-15(10)12(19)8-13-16(17)11(18)6-9(2)21-13/h7-9,11,18-19H,3-6H2,1-2H3. The second-order valence-electron chi connectivity index (χ2n) is 5.89. The number of fused-ring (bicyclic) bond motifs is 3. The number of aryl methyl sites for hydroxylation is 1. The van der Waals surface area contributed by atoms with E-state index < -0.39 is 11.7 Å². The van der Waals surface area contributed by atoms with Gasteiger partial charge >= 0.3 is 5.63 Å². The van der Waals surface area contributed by atoms with Crippen molar-refractivity contribution < 1.29 is 19.4 Å². The first-order chi connectivity index (χ1) is 10.5. The number of phenolic OH excluding ortho intramolecular Hbond substituents is 1. The molecule has 0 radical (unpaired) electrons. The van der Waals surface area contributed by atoms with Gasteiger partial charge in [-0.1, -0.05) is 13.3 Å². The van der Waals surface area contributed by atoms with Crippen LogP contribution in [-0.2, 0) is 6.42 Å². The van der Waals surface area contributed by atoms with Crippen LogP contribution in [-0.4, -0.2) is 16.3 Å². The zero-order valence-corrected chi connectivity index (χ0v) is 12.8. The minimum Gasteiger partial charge on any atom is -0.507 e. The third-order valence-electron chi connectivity index (χ3n) is 4.09. The zero-order chi connectivity index (χ0) is 15.9. The van der Waals surface area contributed by atoms with Gasteiger partial charge in [0, 0.05) is 18.6 Å². The second-order valence-corrected chi connectivity index (χ2v) is 5.89. The summed E-state index contributed by atoms with van der Waals surface area (Å²) < 4.78 is 11.0. The van der Waals surface area contributed by atoms with Crippen LogP contribution in [0, 0.1) is 0 Å². The summed E-state index contributed by atoms with van der Waals surface area (Å²) in [6.45, 7) is 3.91. The molecule has 5 heteroatoms. The van der Waals surface area contributed by atoms with Gasteiger partial charge < -0.3 is 19.4 Å². The van der Waals surface area contributed by atoms with Crippen LogP contribution >= 0.6 is 0 Å². The van der Waals surface area contributed by atoms with E-state index in [9.17, 15) is 15.0 Å². The van der Waals surface area contributed by atoms with Crippen molar-refractivity contribution in [3.63, 3.8) is 0 Å². The minimum absolute atomic E-state index is 0.0184. The Morgan fingerprint density at radius 2 is 2.14 bits per heavy atom. The molecule has 2 unspecified atom stereocenters. The molecule has 0 fully saturated rings. The van der Waals surface area contributed by atoms with E-state index in [4.69, 9.17) is 9.15 Å². The highest BCUT2D eigenvalue weighted by atomic mass is 16.5. The molecule has 2 N–H and O–H groups in total. The lowest BCUT2D eigenvalue weighted by molar-refractivity contribution is 0.0751. The minimum atomic E-state index is -0.772. The number of aliphatic hydroxyl groups excluding tert-OH is 1. The fraction of sp³-hybridized carbons (Fsp3) is 0.471. The van der Waals surface area contributed by atoms with Crippen LogP contribution in [0.2, 0.25) is 0 Å². The van der Waals surface area contributed by atoms with Gasteiger partial charge in [-0.2, -0.15) is 0 Å². The van der Waals surface area contributed by atoms with E-state index in [1.165, 1.54) is 12.1 Å². The van der Waals surface area contributed by atoms with Gasteiger partial charge in [0.15, 0.2) is 5.58 Å². The Bertz CT molecular complexity index is 762. The zero-order valence-electron chi connectivity index (χ0n) is 12.8. The third kappa shape index (κ3) is 2.46. The molecule has 1 aliphatic rings. The maximum absolute atomic E-state index is 11.9. The Kier molecular flexibility index (Phi) is 3.83. The Balaban J connectivity index is 2.30. The van der Waals surface area contributed by atoms with E-state index in [1.54, 1.807) is 0 Å². The fourth-order valence-corrected chi connectivity index (χ4v) is 3.07. The van der Waals surface area contributed by atoms with Gasteiger partial charge in [0.2, 0.25) is 0 Å². The number of benzene rings is 1. The number of hydrogen-bond acceptors (Lipinski definition) is 5. The first kappa shape index (κ1) is 14.9. The van der Waals surface area contributed by atoms with Crippen molar-refractivity contribution in [2.45, 2.75) is 51.7 Å². The van der Waals surface area contributed by atoms with Crippen molar-refractivity contribution in [2.24, 2.45) is 0 Å². The molecule has 0 bridgehead atoms. The van der Waals surface area contributed by atoms with Crippen LogP contribution in [0.3, 0.4) is 0 Å². The average Bonchev–Trinajstić information content (AvgIpc) is 2.43.